The van der Waals surface area contributed by atoms with Gasteiger partial charge in [-0.25, -0.2) is 0 Å². The molecule has 1 aliphatic rings. The van der Waals surface area contributed by atoms with Crippen LogP contribution < -0.4 is 15.8 Å². The minimum atomic E-state index is -0.576. The van der Waals surface area contributed by atoms with Gasteiger partial charge >= 0.3 is 0 Å². The van der Waals surface area contributed by atoms with E-state index in [0.29, 0.717) is 11.3 Å². The first-order chi connectivity index (χ1) is 12.1. The first-order valence-electron chi connectivity index (χ1n) is 8.54. The van der Waals surface area contributed by atoms with E-state index in [2.05, 4.69) is 17.4 Å². The van der Waals surface area contributed by atoms with Crippen molar-refractivity contribution in [2.45, 2.75) is 31.7 Å². The maximum absolute atomic E-state index is 12.8. The highest BCUT2D eigenvalue weighted by atomic mass is 16.5. The number of aryl methyl sites for hydroxylation is 1. The number of nitrogens with two attached hydrogens (primary N) is 1. The fourth-order valence-corrected chi connectivity index (χ4v) is 3.24. The molecule has 5 nitrogen and oxygen atoms in total. The SMILES string of the molecule is NC(=O)COc1ccccc1C(=O)NC1CCCCc2ccccc21. The van der Waals surface area contributed by atoms with Crippen LogP contribution in [0.25, 0.3) is 0 Å². The average Bonchev–Trinajstić information content (AvgIpc) is 2.82. The molecule has 0 saturated heterocycles. The molecule has 1 aliphatic carbocycles. The van der Waals surface area contributed by atoms with E-state index in [1.54, 1.807) is 24.3 Å². The van der Waals surface area contributed by atoms with Crippen LogP contribution in [-0.2, 0) is 11.2 Å². The molecule has 130 valence electrons. The quantitative estimate of drug-likeness (QED) is 0.823. The Morgan fingerprint density at radius 3 is 2.68 bits per heavy atom. The largest absolute Gasteiger partial charge is 0.483 e. The molecule has 0 spiro atoms. The monoisotopic (exact) mass is 338 g/mol. The van der Waals surface area contributed by atoms with Crippen molar-refractivity contribution in [1.29, 1.82) is 0 Å². The van der Waals surface area contributed by atoms with E-state index >= 15 is 0 Å². The van der Waals surface area contributed by atoms with Crippen LogP contribution in [0.15, 0.2) is 48.5 Å². The second kappa shape index (κ2) is 7.83. The molecule has 0 aliphatic heterocycles. The minimum Gasteiger partial charge on any atom is -0.483 e. The number of nitrogens with one attached hydrogen (secondary N) is 1. The minimum absolute atomic E-state index is 0.0182. The van der Waals surface area contributed by atoms with Gasteiger partial charge in [0.2, 0.25) is 0 Å². The van der Waals surface area contributed by atoms with E-state index in [-0.39, 0.29) is 18.6 Å². The van der Waals surface area contributed by atoms with Crippen molar-refractivity contribution in [2.24, 2.45) is 5.73 Å². The Morgan fingerprint density at radius 1 is 1.08 bits per heavy atom. The highest BCUT2D eigenvalue weighted by Crippen LogP contribution is 2.29. The van der Waals surface area contributed by atoms with Crippen LogP contribution in [0.1, 0.15) is 46.8 Å². The first-order valence-corrected chi connectivity index (χ1v) is 8.54. The second-order valence-corrected chi connectivity index (χ2v) is 6.22. The summed E-state index contributed by atoms with van der Waals surface area (Å²) in [5.74, 6) is -0.421. The van der Waals surface area contributed by atoms with Crippen molar-refractivity contribution in [3.63, 3.8) is 0 Å². The van der Waals surface area contributed by atoms with Crippen LogP contribution in [0.4, 0.5) is 0 Å². The van der Waals surface area contributed by atoms with Crippen LogP contribution in [0.3, 0.4) is 0 Å². The van der Waals surface area contributed by atoms with Crippen molar-refractivity contribution in [3.8, 4) is 5.75 Å². The summed E-state index contributed by atoms with van der Waals surface area (Å²) in [7, 11) is 0. The Labute approximate surface area is 147 Å². The molecule has 0 heterocycles. The van der Waals surface area contributed by atoms with Gasteiger partial charge in [0.15, 0.2) is 6.61 Å². The highest BCUT2D eigenvalue weighted by Gasteiger charge is 2.22. The number of fused-ring (bicyclic) bond motifs is 1. The number of ether oxygens (including phenoxy) is 1. The van der Waals surface area contributed by atoms with Gasteiger partial charge < -0.3 is 15.8 Å². The van der Waals surface area contributed by atoms with E-state index < -0.39 is 5.91 Å². The van der Waals surface area contributed by atoms with E-state index in [1.807, 2.05) is 12.1 Å². The number of carbonyl (C=O) groups is 2. The van der Waals surface area contributed by atoms with Gasteiger partial charge in [0.25, 0.3) is 11.8 Å². The molecule has 2 amide bonds. The third kappa shape index (κ3) is 4.18. The predicted octanol–water partition coefficient (Wildman–Crippen LogP) is 2.75. The van der Waals surface area contributed by atoms with Gasteiger partial charge in [-0.2, -0.15) is 0 Å². The Balaban J connectivity index is 1.80. The maximum Gasteiger partial charge on any atom is 0.255 e. The molecule has 0 radical (unpaired) electrons. The molecule has 0 aromatic heterocycles. The van der Waals surface area contributed by atoms with Gasteiger partial charge in [-0.3, -0.25) is 9.59 Å². The lowest BCUT2D eigenvalue weighted by Gasteiger charge is -2.20. The summed E-state index contributed by atoms with van der Waals surface area (Å²) in [6.07, 6.45) is 4.15. The van der Waals surface area contributed by atoms with Gasteiger partial charge in [-0.15, -0.1) is 0 Å². The smallest absolute Gasteiger partial charge is 0.255 e. The molecule has 2 aromatic rings. The van der Waals surface area contributed by atoms with Crippen molar-refractivity contribution in [1.82, 2.24) is 5.32 Å². The van der Waals surface area contributed by atoms with E-state index in [9.17, 15) is 9.59 Å². The van der Waals surface area contributed by atoms with Gasteiger partial charge in [-0.05, 0) is 42.5 Å². The molecule has 3 N–H and O–H groups in total. The maximum atomic E-state index is 12.8. The number of carbonyl (C=O) groups excluding carboxylic acids is 2. The zero-order valence-corrected chi connectivity index (χ0v) is 14.0. The molecule has 0 fully saturated rings. The Morgan fingerprint density at radius 2 is 1.84 bits per heavy atom. The standard InChI is InChI=1S/C20H22N2O3/c21-19(23)13-25-18-12-6-4-10-16(18)20(24)22-17-11-5-2-8-14-7-1-3-9-15(14)17/h1,3-4,6-7,9-10,12,17H,2,5,8,11,13H2,(H2,21,23)(H,22,24). The van der Waals surface area contributed by atoms with E-state index in [4.69, 9.17) is 10.5 Å². The molecule has 0 bridgehead atoms. The van der Waals surface area contributed by atoms with Crippen LogP contribution in [0.5, 0.6) is 5.75 Å². The van der Waals surface area contributed by atoms with Gasteiger partial charge in [0.05, 0.1) is 11.6 Å². The summed E-state index contributed by atoms with van der Waals surface area (Å²) in [6.45, 7) is -0.253. The molecule has 25 heavy (non-hydrogen) atoms. The molecule has 2 aromatic carbocycles. The predicted molar refractivity (Wildman–Crippen MR) is 95.3 cm³/mol. The van der Waals surface area contributed by atoms with Gasteiger partial charge in [0, 0.05) is 0 Å². The van der Waals surface area contributed by atoms with E-state index in [0.717, 1.165) is 25.7 Å². The molecule has 0 saturated carbocycles. The second-order valence-electron chi connectivity index (χ2n) is 6.22. The lowest BCUT2D eigenvalue weighted by atomic mass is 9.98. The summed E-state index contributed by atoms with van der Waals surface area (Å²) >= 11 is 0. The molecule has 1 atom stereocenters. The third-order valence-corrected chi connectivity index (χ3v) is 4.43. The molecule has 3 rings (SSSR count). The Hall–Kier alpha value is -2.82. The average molecular weight is 338 g/mol. The topological polar surface area (TPSA) is 81.4 Å². The van der Waals surface area contributed by atoms with Gasteiger partial charge in [0.1, 0.15) is 5.75 Å². The van der Waals surface area contributed by atoms with E-state index in [1.165, 1.54) is 11.1 Å². The fraction of sp³-hybridized carbons (Fsp3) is 0.300. The number of rotatable bonds is 5. The summed E-state index contributed by atoms with van der Waals surface area (Å²) in [5.41, 5.74) is 8.01. The number of para-hydroxylation sites is 1. The van der Waals surface area contributed by atoms with Gasteiger partial charge in [-0.1, -0.05) is 42.8 Å². The van der Waals surface area contributed by atoms with Crippen molar-refractivity contribution >= 4 is 11.8 Å². The molecule has 1 unspecified atom stereocenters. The summed E-state index contributed by atoms with van der Waals surface area (Å²) in [4.78, 5) is 23.7. The Bertz CT molecular complexity index is 773. The number of hydrogen-bond donors (Lipinski definition) is 2. The number of benzene rings is 2. The number of amides is 2. The summed E-state index contributed by atoms with van der Waals surface area (Å²) in [6, 6.07) is 15.1. The Kier molecular flexibility index (Phi) is 5.33. The fourth-order valence-electron chi connectivity index (χ4n) is 3.24. The lowest BCUT2D eigenvalue weighted by molar-refractivity contribution is -0.119. The van der Waals surface area contributed by atoms with Crippen LogP contribution in [-0.4, -0.2) is 18.4 Å². The first kappa shape index (κ1) is 17.0. The zero-order valence-electron chi connectivity index (χ0n) is 14.0. The molecule has 5 heteroatoms. The molecular weight excluding hydrogens is 316 g/mol. The number of hydrogen-bond acceptors (Lipinski definition) is 3. The van der Waals surface area contributed by atoms with Crippen molar-refractivity contribution in [3.05, 3.63) is 65.2 Å². The zero-order chi connectivity index (χ0) is 17.6. The van der Waals surface area contributed by atoms with Crippen LogP contribution >= 0.6 is 0 Å². The van der Waals surface area contributed by atoms with Crippen LogP contribution in [0, 0.1) is 0 Å². The lowest BCUT2D eigenvalue weighted by Crippen LogP contribution is -2.29. The highest BCUT2D eigenvalue weighted by molar-refractivity contribution is 5.97. The van der Waals surface area contributed by atoms with Crippen molar-refractivity contribution < 1.29 is 14.3 Å². The summed E-state index contributed by atoms with van der Waals surface area (Å²) < 4.78 is 5.37. The number of primary amides is 1. The normalized spacial score (nSPS) is 16.4. The van der Waals surface area contributed by atoms with Crippen LogP contribution in [0.2, 0.25) is 0 Å². The third-order valence-electron chi connectivity index (χ3n) is 4.43. The summed E-state index contributed by atoms with van der Waals surface area (Å²) in [5, 5.41) is 3.12. The molecular formula is C20H22N2O3. The van der Waals surface area contributed by atoms with Crippen molar-refractivity contribution in [2.75, 3.05) is 6.61 Å².